The predicted molar refractivity (Wildman–Crippen MR) is 111 cm³/mol. The van der Waals surface area contributed by atoms with Crippen LogP contribution in [0.15, 0.2) is 64.1 Å². The van der Waals surface area contributed by atoms with Crippen molar-refractivity contribution in [2.75, 3.05) is 10.2 Å². The molecule has 1 N–H and O–H groups in total. The van der Waals surface area contributed by atoms with Crippen LogP contribution in [0.4, 0.5) is 11.4 Å². The molecule has 1 fully saturated rings. The number of nitrogens with one attached hydrogen (secondary N) is 1. The third-order valence-electron chi connectivity index (χ3n) is 5.06. The standard InChI is InChI=1S/C21H16BrClN2O3/c22-13-3-6-15(7-4-13)24-19(26)12-1-8-16(9-2-12)25-20(27)17-10-5-14(23)11-18(17)21(25)28/h1-9,17-18H,10-11H2,(H,24,26)/t17-,18+/m0/s1. The number of amides is 3. The van der Waals surface area contributed by atoms with Crippen LogP contribution in [0.5, 0.6) is 0 Å². The zero-order chi connectivity index (χ0) is 19.8. The van der Waals surface area contributed by atoms with Crippen molar-refractivity contribution in [1.82, 2.24) is 0 Å². The Hall–Kier alpha value is -2.44. The van der Waals surface area contributed by atoms with Crippen LogP contribution in [0.25, 0.3) is 0 Å². The minimum Gasteiger partial charge on any atom is -0.322 e. The Balaban J connectivity index is 1.50. The number of fused-ring (bicyclic) bond motifs is 1. The first-order valence-corrected chi connectivity index (χ1v) is 10.0. The van der Waals surface area contributed by atoms with Crippen LogP contribution in [-0.2, 0) is 9.59 Å². The SMILES string of the molecule is O=C(Nc1ccc(Br)cc1)c1ccc(N2C(=O)[C@H]3CC=C(Cl)C[C@H]3C2=O)cc1. The number of imide groups is 1. The Morgan fingerprint density at radius 3 is 2.32 bits per heavy atom. The Labute approximate surface area is 175 Å². The van der Waals surface area contributed by atoms with Gasteiger partial charge in [-0.2, -0.15) is 0 Å². The van der Waals surface area contributed by atoms with Gasteiger partial charge in [-0.3, -0.25) is 19.3 Å². The molecule has 2 atom stereocenters. The van der Waals surface area contributed by atoms with E-state index in [1.807, 2.05) is 18.2 Å². The second-order valence-corrected chi connectivity index (χ2v) is 8.22. The number of hydrogen-bond donors (Lipinski definition) is 1. The van der Waals surface area contributed by atoms with E-state index in [0.717, 1.165) is 4.47 Å². The summed E-state index contributed by atoms with van der Waals surface area (Å²) in [5, 5.41) is 3.44. The molecule has 1 aliphatic heterocycles. The average molecular weight is 460 g/mol. The maximum Gasteiger partial charge on any atom is 0.255 e. The van der Waals surface area contributed by atoms with E-state index in [2.05, 4.69) is 21.2 Å². The number of hydrogen-bond acceptors (Lipinski definition) is 3. The lowest BCUT2D eigenvalue weighted by atomic mass is 9.85. The van der Waals surface area contributed by atoms with E-state index >= 15 is 0 Å². The number of anilines is 2. The molecule has 1 saturated heterocycles. The normalized spacial score (nSPS) is 21.4. The second kappa shape index (κ2) is 7.53. The third kappa shape index (κ3) is 3.50. The van der Waals surface area contributed by atoms with Gasteiger partial charge in [0.2, 0.25) is 11.8 Å². The lowest BCUT2D eigenvalue weighted by molar-refractivity contribution is -0.122. The highest BCUT2D eigenvalue weighted by Crippen LogP contribution is 2.40. The van der Waals surface area contributed by atoms with Crippen LogP contribution >= 0.6 is 27.5 Å². The smallest absolute Gasteiger partial charge is 0.255 e. The van der Waals surface area contributed by atoms with Crippen LogP contribution in [-0.4, -0.2) is 17.7 Å². The summed E-state index contributed by atoms with van der Waals surface area (Å²) in [4.78, 5) is 39.0. The van der Waals surface area contributed by atoms with Crippen molar-refractivity contribution in [2.24, 2.45) is 11.8 Å². The Kier molecular flexibility index (Phi) is 5.08. The maximum atomic E-state index is 12.7. The number of rotatable bonds is 3. The van der Waals surface area contributed by atoms with Crippen molar-refractivity contribution in [2.45, 2.75) is 12.8 Å². The summed E-state index contributed by atoms with van der Waals surface area (Å²) < 4.78 is 0.923. The summed E-state index contributed by atoms with van der Waals surface area (Å²) in [6, 6.07) is 13.7. The van der Waals surface area contributed by atoms with Gasteiger partial charge in [-0.15, -0.1) is 0 Å². The zero-order valence-corrected chi connectivity index (χ0v) is 17.0. The van der Waals surface area contributed by atoms with Crippen molar-refractivity contribution < 1.29 is 14.4 Å². The van der Waals surface area contributed by atoms with E-state index in [1.54, 1.807) is 36.4 Å². The molecule has 28 heavy (non-hydrogen) atoms. The first-order valence-electron chi connectivity index (χ1n) is 8.83. The van der Waals surface area contributed by atoms with Crippen molar-refractivity contribution in [3.05, 3.63) is 69.7 Å². The van der Waals surface area contributed by atoms with Gasteiger partial charge >= 0.3 is 0 Å². The monoisotopic (exact) mass is 458 g/mol. The summed E-state index contributed by atoms with van der Waals surface area (Å²) in [5.74, 6) is -1.45. The summed E-state index contributed by atoms with van der Waals surface area (Å²) in [5.41, 5.74) is 1.59. The maximum absolute atomic E-state index is 12.7. The van der Waals surface area contributed by atoms with Gasteiger partial charge in [-0.05, 0) is 61.4 Å². The fraction of sp³-hybridized carbons (Fsp3) is 0.190. The first-order chi connectivity index (χ1) is 13.4. The van der Waals surface area contributed by atoms with E-state index in [9.17, 15) is 14.4 Å². The largest absolute Gasteiger partial charge is 0.322 e. The minimum atomic E-state index is -0.398. The van der Waals surface area contributed by atoms with E-state index in [-0.39, 0.29) is 23.6 Å². The zero-order valence-electron chi connectivity index (χ0n) is 14.7. The molecular weight excluding hydrogens is 444 g/mol. The topological polar surface area (TPSA) is 66.5 Å². The molecule has 1 heterocycles. The Bertz CT molecular complexity index is 986. The molecule has 3 amide bonds. The minimum absolute atomic E-state index is 0.206. The van der Waals surface area contributed by atoms with Gasteiger partial charge in [-0.1, -0.05) is 33.6 Å². The molecule has 2 aliphatic rings. The second-order valence-electron chi connectivity index (χ2n) is 6.82. The highest BCUT2D eigenvalue weighted by atomic mass is 79.9. The van der Waals surface area contributed by atoms with E-state index in [4.69, 9.17) is 11.6 Å². The molecule has 0 aromatic heterocycles. The Morgan fingerprint density at radius 1 is 1.00 bits per heavy atom. The molecule has 4 rings (SSSR count). The summed E-state index contributed by atoms with van der Waals surface area (Å²) in [6.07, 6.45) is 2.70. The van der Waals surface area contributed by atoms with E-state index < -0.39 is 5.92 Å². The number of nitrogens with zero attached hydrogens (tertiary/aromatic N) is 1. The lowest BCUT2D eigenvalue weighted by Gasteiger charge is -2.17. The molecule has 0 radical (unpaired) electrons. The quantitative estimate of drug-likeness (QED) is 0.675. The van der Waals surface area contributed by atoms with Gasteiger partial charge in [0.25, 0.3) is 5.91 Å². The highest BCUT2D eigenvalue weighted by molar-refractivity contribution is 9.10. The molecule has 1 aliphatic carbocycles. The molecule has 0 unspecified atom stereocenters. The molecule has 2 aromatic rings. The van der Waals surface area contributed by atoms with Crippen LogP contribution in [0, 0.1) is 11.8 Å². The van der Waals surface area contributed by atoms with Crippen molar-refractivity contribution >= 4 is 56.6 Å². The molecule has 0 saturated carbocycles. The van der Waals surface area contributed by atoms with Gasteiger partial charge < -0.3 is 5.32 Å². The number of halogens is 2. The van der Waals surface area contributed by atoms with Gasteiger partial charge in [-0.25, -0.2) is 0 Å². The van der Waals surface area contributed by atoms with Crippen molar-refractivity contribution in [1.29, 1.82) is 0 Å². The van der Waals surface area contributed by atoms with Crippen LogP contribution in [0.3, 0.4) is 0 Å². The van der Waals surface area contributed by atoms with Gasteiger partial charge in [0.15, 0.2) is 0 Å². The van der Waals surface area contributed by atoms with Crippen molar-refractivity contribution in [3.8, 4) is 0 Å². The number of allylic oxidation sites excluding steroid dienone is 2. The summed E-state index contributed by atoms with van der Waals surface area (Å²) in [6.45, 7) is 0. The van der Waals surface area contributed by atoms with Crippen LogP contribution in [0.1, 0.15) is 23.2 Å². The fourth-order valence-electron chi connectivity index (χ4n) is 3.58. The number of carbonyl (C=O) groups excluding carboxylic acids is 3. The molecule has 0 spiro atoms. The van der Waals surface area contributed by atoms with Crippen LogP contribution < -0.4 is 10.2 Å². The number of benzene rings is 2. The lowest BCUT2D eigenvalue weighted by Crippen LogP contribution is -2.30. The van der Waals surface area contributed by atoms with Gasteiger partial charge in [0, 0.05) is 20.8 Å². The molecule has 2 aromatic carbocycles. The molecule has 5 nitrogen and oxygen atoms in total. The first kappa shape index (κ1) is 18.9. The Morgan fingerprint density at radius 2 is 1.64 bits per heavy atom. The van der Waals surface area contributed by atoms with E-state index in [0.29, 0.717) is 34.8 Å². The number of carbonyl (C=O) groups is 3. The summed E-state index contributed by atoms with van der Waals surface area (Å²) in [7, 11) is 0. The molecule has 7 heteroatoms. The predicted octanol–water partition coefficient (Wildman–Crippen LogP) is 4.72. The van der Waals surface area contributed by atoms with Gasteiger partial charge in [0.1, 0.15) is 0 Å². The third-order valence-corrected chi connectivity index (χ3v) is 5.90. The van der Waals surface area contributed by atoms with Gasteiger partial charge in [0.05, 0.1) is 17.5 Å². The average Bonchev–Trinajstić information content (AvgIpc) is 2.93. The molecule has 142 valence electrons. The summed E-state index contributed by atoms with van der Waals surface area (Å²) >= 11 is 9.40. The molecular formula is C21H16BrClN2O3. The highest BCUT2D eigenvalue weighted by Gasteiger charge is 2.48. The van der Waals surface area contributed by atoms with Crippen LogP contribution in [0.2, 0.25) is 0 Å². The van der Waals surface area contributed by atoms with Crippen molar-refractivity contribution in [3.63, 3.8) is 0 Å². The molecule has 0 bridgehead atoms. The fourth-order valence-corrected chi connectivity index (χ4v) is 4.10. The van der Waals surface area contributed by atoms with E-state index in [1.165, 1.54) is 4.90 Å².